The molecule has 0 spiro atoms. The highest BCUT2D eigenvalue weighted by molar-refractivity contribution is 5.89. The van der Waals surface area contributed by atoms with E-state index < -0.39 is 17.5 Å². The molecule has 1 heterocycles. The van der Waals surface area contributed by atoms with Crippen LogP contribution in [0.5, 0.6) is 11.5 Å². The van der Waals surface area contributed by atoms with Crippen LogP contribution in [0.3, 0.4) is 0 Å². The molecule has 0 N–H and O–H groups in total. The molecule has 30 heavy (non-hydrogen) atoms. The van der Waals surface area contributed by atoms with Crippen LogP contribution in [0.2, 0.25) is 0 Å². The smallest absolute Gasteiger partial charge is 0.331 e. The van der Waals surface area contributed by atoms with Gasteiger partial charge in [0.1, 0.15) is 13.2 Å². The van der Waals surface area contributed by atoms with Gasteiger partial charge in [0.2, 0.25) is 0 Å². The number of rotatable bonds is 7. The van der Waals surface area contributed by atoms with Crippen molar-refractivity contribution in [1.29, 1.82) is 0 Å². The number of ether oxygens (including phenoxy) is 3. The molecule has 9 heteroatoms. The Bertz CT molecular complexity index is 987. The third kappa shape index (κ3) is 5.57. The maximum absolute atomic E-state index is 12.2. The minimum Gasteiger partial charge on any atom is -0.486 e. The van der Waals surface area contributed by atoms with Crippen LogP contribution < -0.4 is 9.47 Å². The molecule has 0 aliphatic carbocycles. The van der Waals surface area contributed by atoms with E-state index in [0.29, 0.717) is 36.8 Å². The quantitative estimate of drug-likeness (QED) is 0.298. The van der Waals surface area contributed by atoms with E-state index in [-0.39, 0.29) is 11.6 Å². The lowest BCUT2D eigenvalue weighted by molar-refractivity contribution is -0.384. The number of nitro groups is 1. The summed E-state index contributed by atoms with van der Waals surface area (Å²) < 4.78 is 15.9. The molecule has 0 fully saturated rings. The first-order valence-corrected chi connectivity index (χ1v) is 9.14. The molecule has 0 bridgehead atoms. The molecule has 0 saturated heterocycles. The number of amides is 1. The molecule has 1 aliphatic heterocycles. The minimum absolute atomic E-state index is 0.0820. The van der Waals surface area contributed by atoms with Crippen molar-refractivity contribution in [3.8, 4) is 11.5 Å². The number of nitrogens with zero attached hydrogens (tertiary/aromatic N) is 2. The molecular formula is C21H20N2O7. The standard InChI is InChI=1S/C21H20N2O7/c1-22(13-16-5-7-18-19(12-16)29-10-9-28-18)20(24)14-30-21(25)8-6-15-3-2-4-17(11-15)23(26)27/h2-8,11-12H,9-10,13-14H2,1H3/b8-6+. The van der Waals surface area contributed by atoms with Crippen LogP contribution in [0.25, 0.3) is 6.08 Å². The number of likely N-dealkylation sites (N-methyl/N-ethyl adjacent to an activating group) is 1. The Kier molecular flexibility index (Phi) is 6.63. The number of hydrogen-bond acceptors (Lipinski definition) is 7. The molecule has 0 aromatic heterocycles. The Balaban J connectivity index is 1.49. The molecule has 1 aliphatic rings. The molecule has 0 saturated carbocycles. The predicted octanol–water partition coefficient (Wildman–Crippen LogP) is 2.58. The van der Waals surface area contributed by atoms with Crippen molar-refractivity contribution in [2.75, 3.05) is 26.9 Å². The number of esters is 1. The lowest BCUT2D eigenvalue weighted by atomic mass is 10.2. The van der Waals surface area contributed by atoms with Crippen LogP contribution in [-0.4, -0.2) is 48.6 Å². The number of non-ortho nitro benzene ring substituents is 1. The van der Waals surface area contributed by atoms with E-state index in [1.165, 1.54) is 29.2 Å². The highest BCUT2D eigenvalue weighted by atomic mass is 16.6. The van der Waals surface area contributed by atoms with E-state index in [0.717, 1.165) is 11.6 Å². The first-order chi connectivity index (χ1) is 14.4. The lowest BCUT2D eigenvalue weighted by Gasteiger charge is -2.21. The van der Waals surface area contributed by atoms with Crippen LogP contribution in [0.15, 0.2) is 48.5 Å². The van der Waals surface area contributed by atoms with Gasteiger partial charge in [-0.05, 0) is 29.3 Å². The van der Waals surface area contributed by atoms with Crippen LogP contribution in [0, 0.1) is 10.1 Å². The van der Waals surface area contributed by atoms with E-state index in [1.54, 1.807) is 19.2 Å². The van der Waals surface area contributed by atoms with E-state index in [9.17, 15) is 19.7 Å². The van der Waals surface area contributed by atoms with Gasteiger partial charge in [-0.2, -0.15) is 0 Å². The third-order valence-corrected chi connectivity index (χ3v) is 4.28. The molecule has 9 nitrogen and oxygen atoms in total. The van der Waals surface area contributed by atoms with E-state index in [1.807, 2.05) is 12.1 Å². The summed E-state index contributed by atoms with van der Waals surface area (Å²) in [7, 11) is 1.60. The fourth-order valence-corrected chi connectivity index (χ4v) is 2.75. The normalized spacial score (nSPS) is 12.4. The highest BCUT2D eigenvalue weighted by Crippen LogP contribution is 2.31. The van der Waals surface area contributed by atoms with Crippen molar-refractivity contribution >= 4 is 23.6 Å². The summed E-state index contributed by atoms with van der Waals surface area (Å²) >= 11 is 0. The molecule has 0 atom stereocenters. The van der Waals surface area contributed by atoms with Crippen LogP contribution in [-0.2, 0) is 20.9 Å². The van der Waals surface area contributed by atoms with Gasteiger partial charge in [0.25, 0.3) is 11.6 Å². The highest BCUT2D eigenvalue weighted by Gasteiger charge is 2.15. The summed E-state index contributed by atoms with van der Waals surface area (Å²) in [5.74, 6) is 0.213. The van der Waals surface area contributed by atoms with Gasteiger partial charge < -0.3 is 19.1 Å². The van der Waals surface area contributed by atoms with Gasteiger partial charge in [-0.15, -0.1) is 0 Å². The monoisotopic (exact) mass is 412 g/mol. The maximum atomic E-state index is 12.2. The number of hydrogen-bond donors (Lipinski definition) is 0. The van der Waals surface area contributed by atoms with Crippen LogP contribution >= 0.6 is 0 Å². The van der Waals surface area contributed by atoms with Gasteiger partial charge in [-0.1, -0.05) is 18.2 Å². The summed E-state index contributed by atoms with van der Waals surface area (Å²) in [6.07, 6.45) is 2.51. The minimum atomic E-state index is -0.720. The number of nitro benzene ring substituents is 1. The van der Waals surface area contributed by atoms with Gasteiger partial charge in [0, 0.05) is 31.8 Å². The van der Waals surface area contributed by atoms with Crippen molar-refractivity contribution in [2.24, 2.45) is 0 Å². The Labute approximate surface area is 172 Å². The van der Waals surface area contributed by atoms with E-state index in [4.69, 9.17) is 14.2 Å². The molecule has 1 amide bonds. The summed E-state index contributed by atoms with van der Waals surface area (Å²) in [6, 6.07) is 11.3. The first kappa shape index (κ1) is 20.8. The fourth-order valence-electron chi connectivity index (χ4n) is 2.75. The largest absolute Gasteiger partial charge is 0.486 e. The third-order valence-electron chi connectivity index (χ3n) is 4.28. The molecular weight excluding hydrogens is 392 g/mol. The van der Waals surface area contributed by atoms with Crippen molar-refractivity contribution in [3.05, 3.63) is 69.8 Å². The van der Waals surface area contributed by atoms with Crippen LogP contribution in [0.4, 0.5) is 5.69 Å². The van der Waals surface area contributed by atoms with Crippen molar-refractivity contribution < 1.29 is 28.7 Å². The summed E-state index contributed by atoms with van der Waals surface area (Å²) in [6.45, 7) is 0.881. The zero-order chi connectivity index (χ0) is 21.5. The molecule has 3 rings (SSSR count). The Hall–Kier alpha value is -3.88. The Morgan fingerprint density at radius 1 is 1.17 bits per heavy atom. The van der Waals surface area contributed by atoms with Gasteiger partial charge in [0.15, 0.2) is 18.1 Å². The van der Waals surface area contributed by atoms with Gasteiger partial charge >= 0.3 is 5.97 Å². The summed E-state index contributed by atoms with van der Waals surface area (Å²) in [5, 5.41) is 10.8. The molecule has 0 radical (unpaired) electrons. The molecule has 2 aromatic carbocycles. The average molecular weight is 412 g/mol. The second-order valence-corrected chi connectivity index (χ2v) is 6.52. The molecule has 156 valence electrons. The molecule has 2 aromatic rings. The number of benzene rings is 2. The Morgan fingerprint density at radius 2 is 1.93 bits per heavy atom. The SMILES string of the molecule is CN(Cc1ccc2c(c1)OCCO2)C(=O)COC(=O)/C=C/c1cccc([N+](=O)[O-])c1. The van der Waals surface area contributed by atoms with Gasteiger partial charge in [-0.3, -0.25) is 14.9 Å². The van der Waals surface area contributed by atoms with Crippen molar-refractivity contribution in [2.45, 2.75) is 6.54 Å². The second-order valence-electron chi connectivity index (χ2n) is 6.52. The second kappa shape index (κ2) is 9.55. The number of carbonyl (C=O) groups excluding carboxylic acids is 2. The zero-order valence-corrected chi connectivity index (χ0v) is 16.3. The average Bonchev–Trinajstić information content (AvgIpc) is 2.76. The maximum Gasteiger partial charge on any atom is 0.331 e. The van der Waals surface area contributed by atoms with E-state index in [2.05, 4.69) is 0 Å². The summed E-state index contributed by atoms with van der Waals surface area (Å²) in [5.41, 5.74) is 1.25. The number of carbonyl (C=O) groups is 2. The van der Waals surface area contributed by atoms with Gasteiger partial charge in [-0.25, -0.2) is 4.79 Å². The van der Waals surface area contributed by atoms with E-state index >= 15 is 0 Å². The first-order valence-electron chi connectivity index (χ1n) is 9.14. The van der Waals surface area contributed by atoms with Crippen LogP contribution in [0.1, 0.15) is 11.1 Å². The number of fused-ring (bicyclic) bond motifs is 1. The Morgan fingerprint density at radius 3 is 2.70 bits per heavy atom. The molecule has 0 unspecified atom stereocenters. The summed E-state index contributed by atoms with van der Waals surface area (Å²) in [4.78, 5) is 35.7. The zero-order valence-electron chi connectivity index (χ0n) is 16.3. The lowest BCUT2D eigenvalue weighted by Crippen LogP contribution is -2.30. The predicted molar refractivity (Wildman–Crippen MR) is 107 cm³/mol. The van der Waals surface area contributed by atoms with Gasteiger partial charge in [0.05, 0.1) is 4.92 Å². The topological polar surface area (TPSA) is 108 Å². The van der Waals surface area contributed by atoms with Crippen molar-refractivity contribution in [3.63, 3.8) is 0 Å². The fraction of sp³-hybridized carbons (Fsp3) is 0.238. The van der Waals surface area contributed by atoms with Crippen molar-refractivity contribution in [1.82, 2.24) is 4.90 Å².